The SMILES string of the molecule is CSc1ccccc1[C@H]1CCc2nc3cc(F)c(-c4ccc(C5CC5)nc4)cc3n21. The third-order valence-corrected chi connectivity index (χ3v) is 7.21. The van der Waals surface area contributed by atoms with E-state index < -0.39 is 0 Å². The van der Waals surface area contributed by atoms with Crippen LogP contribution in [0.4, 0.5) is 4.39 Å². The molecule has 1 fully saturated rings. The van der Waals surface area contributed by atoms with E-state index in [9.17, 15) is 4.39 Å². The smallest absolute Gasteiger partial charge is 0.133 e. The molecule has 0 spiro atoms. The molecule has 0 amide bonds. The maximum Gasteiger partial charge on any atom is 0.133 e. The van der Waals surface area contributed by atoms with Gasteiger partial charge in [0.05, 0.1) is 17.1 Å². The van der Waals surface area contributed by atoms with Crippen LogP contribution in [-0.2, 0) is 6.42 Å². The van der Waals surface area contributed by atoms with Crippen molar-refractivity contribution in [2.75, 3.05) is 6.26 Å². The Labute approximate surface area is 179 Å². The fourth-order valence-electron chi connectivity index (χ4n) is 4.73. The van der Waals surface area contributed by atoms with Crippen molar-refractivity contribution in [3.05, 3.63) is 77.6 Å². The number of aromatic nitrogens is 3. The number of imidazole rings is 1. The van der Waals surface area contributed by atoms with Crippen molar-refractivity contribution in [1.29, 1.82) is 0 Å². The molecule has 2 aliphatic rings. The molecule has 1 atom stereocenters. The van der Waals surface area contributed by atoms with E-state index in [1.807, 2.05) is 18.3 Å². The van der Waals surface area contributed by atoms with Gasteiger partial charge in [-0.15, -0.1) is 11.8 Å². The van der Waals surface area contributed by atoms with Gasteiger partial charge in [0.15, 0.2) is 0 Å². The number of benzene rings is 2. The van der Waals surface area contributed by atoms with E-state index in [0.717, 1.165) is 41.0 Å². The molecule has 0 bridgehead atoms. The average molecular weight is 416 g/mol. The normalized spacial score (nSPS) is 18.1. The van der Waals surface area contributed by atoms with Gasteiger partial charge in [0.1, 0.15) is 11.6 Å². The predicted molar refractivity (Wildman–Crippen MR) is 120 cm³/mol. The van der Waals surface area contributed by atoms with Crippen LogP contribution < -0.4 is 0 Å². The Balaban J connectivity index is 1.48. The molecular formula is C25H22FN3S. The van der Waals surface area contributed by atoms with Crippen molar-refractivity contribution in [2.45, 2.75) is 42.5 Å². The van der Waals surface area contributed by atoms with Gasteiger partial charge in [0.25, 0.3) is 0 Å². The lowest BCUT2D eigenvalue weighted by atomic mass is 10.0. The summed E-state index contributed by atoms with van der Waals surface area (Å²) in [5, 5.41) is 0. The van der Waals surface area contributed by atoms with E-state index >= 15 is 0 Å². The van der Waals surface area contributed by atoms with Gasteiger partial charge < -0.3 is 4.57 Å². The van der Waals surface area contributed by atoms with E-state index in [0.29, 0.717) is 11.5 Å². The number of halogens is 1. The van der Waals surface area contributed by atoms with Crippen molar-refractivity contribution in [3.63, 3.8) is 0 Å². The number of fused-ring (bicyclic) bond motifs is 3. The second kappa shape index (κ2) is 6.95. The summed E-state index contributed by atoms with van der Waals surface area (Å²) in [6.07, 6.45) is 8.31. The van der Waals surface area contributed by atoms with Crippen molar-refractivity contribution in [3.8, 4) is 11.1 Å². The first-order valence-corrected chi connectivity index (χ1v) is 11.7. The molecule has 0 radical (unpaired) electrons. The lowest BCUT2D eigenvalue weighted by Gasteiger charge is -2.18. The molecule has 3 nitrogen and oxygen atoms in total. The highest BCUT2D eigenvalue weighted by atomic mass is 32.2. The first-order valence-electron chi connectivity index (χ1n) is 10.5. The zero-order valence-electron chi connectivity index (χ0n) is 16.8. The summed E-state index contributed by atoms with van der Waals surface area (Å²) >= 11 is 1.77. The Bertz CT molecular complexity index is 1260. The highest BCUT2D eigenvalue weighted by Gasteiger charge is 2.29. The molecule has 3 heterocycles. The molecule has 30 heavy (non-hydrogen) atoms. The number of rotatable bonds is 4. The largest absolute Gasteiger partial charge is 0.320 e. The molecule has 0 unspecified atom stereocenters. The number of hydrogen-bond acceptors (Lipinski definition) is 3. The lowest BCUT2D eigenvalue weighted by molar-refractivity contribution is 0.622. The molecule has 2 aromatic carbocycles. The fraction of sp³-hybridized carbons (Fsp3) is 0.280. The predicted octanol–water partition coefficient (Wildman–Crippen LogP) is 6.37. The molecule has 1 aliphatic heterocycles. The van der Waals surface area contributed by atoms with E-state index in [1.54, 1.807) is 17.8 Å². The van der Waals surface area contributed by atoms with Crippen molar-refractivity contribution in [2.24, 2.45) is 0 Å². The third-order valence-electron chi connectivity index (χ3n) is 6.40. The Hall–Kier alpha value is -2.66. The van der Waals surface area contributed by atoms with Gasteiger partial charge in [-0.3, -0.25) is 4.98 Å². The van der Waals surface area contributed by atoms with Crippen LogP contribution in [0, 0.1) is 5.82 Å². The first-order chi connectivity index (χ1) is 14.7. The van der Waals surface area contributed by atoms with E-state index in [-0.39, 0.29) is 11.9 Å². The molecule has 0 saturated heterocycles. The van der Waals surface area contributed by atoms with E-state index in [4.69, 9.17) is 4.98 Å². The van der Waals surface area contributed by atoms with Gasteiger partial charge in [-0.25, -0.2) is 9.37 Å². The standard InChI is InChI=1S/C25H22FN3S/c1-30-24-5-3-2-4-17(24)22-10-11-25-28-21-13-19(26)18(12-23(21)29(22)25)16-8-9-20(27-14-16)15-6-7-15/h2-5,8-9,12-15,22H,6-7,10-11H2,1H3/t22-/m1/s1. The summed E-state index contributed by atoms with van der Waals surface area (Å²) in [7, 11) is 0. The van der Waals surface area contributed by atoms with Crippen LogP contribution in [0.25, 0.3) is 22.2 Å². The highest BCUT2D eigenvalue weighted by molar-refractivity contribution is 7.98. The van der Waals surface area contributed by atoms with Crippen molar-refractivity contribution >= 4 is 22.8 Å². The van der Waals surface area contributed by atoms with Gasteiger partial charge in [-0.05, 0) is 49.3 Å². The van der Waals surface area contributed by atoms with Crippen LogP contribution in [0.2, 0.25) is 0 Å². The molecule has 5 heteroatoms. The quantitative estimate of drug-likeness (QED) is 0.363. The molecule has 2 aromatic heterocycles. The summed E-state index contributed by atoms with van der Waals surface area (Å²) < 4.78 is 17.3. The number of nitrogens with zero attached hydrogens (tertiary/aromatic N) is 3. The third kappa shape index (κ3) is 2.87. The Kier molecular flexibility index (Phi) is 4.20. The van der Waals surface area contributed by atoms with Crippen LogP contribution in [-0.4, -0.2) is 20.8 Å². The van der Waals surface area contributed by atoms with Crippen LogP contribution in [0.5, 0.6) is 0 Å². The van der Waals surface area contributed by atoms with Gasteiger partial charge in [0.2, 0.25) is 0 Å². The second-order valence-electron chi connectivity index (χ2n) is 8.26. The van der Waals surface area contributed by atoms with Gasteiger partial charge in [-0.1, -0.05) is 24.3 Å². The Morgan fingerprint density at radius 2 is 1.93 bits per heavy atom. The van der Waals surface area contributed by atoms with Gasteiger partial charge >= 0.3 is 0 Å². The number of hydrogen-bond donors (Lipinski definition) is 0. The van der Waals surface area contributed by atoms with Crippen LogP contribution >= 0.6 is 11.8 Å². The minimum absolute atomic E-state index is 0.235. The topological polar surface area (TPSA) is 30.7 Å². The van der Waals surface area contributed by atoms with E-state index in [2.05, 4.69) is 46.1 Å². The van der Waals surface area contributed by atoms with Crippen LogP contribution in [0.15, 0.2) is 59.6 Å². The van der Waals surface area contributed by atoms with Crippen molar-refractivity contribution in [1.82, 2.24) is 14.5 Å². The van der Waals surface area contributed by atoms with Crippen LogP contribution in [0.1, 0.15) is 48.3 Å². The number of pyridine rings is 1. The van der Waals surface area contributed by atoms with Crippen molar-refractivity contribution < 1.29 is 4.39 Å². The Morgan fingerprint density at radius 3 is 2.70 bits per heavy atom. The van der Waals surface area contributed by atoms with Gasteiger partial charge in [0, 0.05) is 46.3 Å². The minimum atomic E-state index is -0.235. The monoisotopic (exact) mass is 415 g/mol. The highest BCUT2D eigenvalue weighted by Crippen LogP contribution is 2.41. The molecule has 1 aliphatic carbocycles. The molecule has 0 N–H and O–H groups in total. The zero-order chi connectivity index (χ0) is 20.2. The molecular weight excluding hydrogens is 393 g/mol. The number of thioether (sulfide) groups is 1. The molecule has 4 aromatic rings. The van der Waals surface area contributed by atoms with Crippen LogP contribution in [0.3, 0.4) is 0 Å². The summed E-state index contributed by atoms with van der Waals surface area (Å²) in [6, 6.07) is 16.4. The molecule has 1 saturated carbocycles. The molecule has 150 valence electrons. The maximum absolute atomic E-state index is 15.0. The zero-order valence-corrected chi connectivity index (χ0v) is 17.6. The molecule has 6 rings (SSSR count). The summed E-state index contributed by atoms with van der Waals surface area (Å²) in [5.74, 6) is 1.41. The maximum atomic E-state index is 15.0. The number of aryl methyl sites for hydroxylation is 1. The van der Waals surface area contributed by atoms with E-state index in [1.165, 1.54) is 23.3 Å². The van der Waals surface area contributed by atoms with Gasteiger partial charge in [-0.2, -0.15) is 0 Å². The average Bonchev–Trinajstić information content (AvgIpc) is 3.46. The second-order valence-corrected chi connectivity index (χ2v) is 9.11. The lowest BCUT2D eigenvalue weighted by Crippen LogP contribution is -2.07. The summed E-state index contributed by atoms with van der Waals surface area (Å²) in [4.78, 5) is 10.6. The fourth-order valence-corrected chi connectivity index (χ4v) is 5.38. The first kappa shape index (κ1) is 18.1. The Morgan fingerprint density at radius 1 is 1.07 bits per heavy atom. The minimum Gasteiger partial charge on any atom is -0.320 e. The summed E-state index contributed by atoms with van der Waals surface area (Å²) in [5.41, 5.74) is 5.62. The summed E-state index contributed by atoms with van der Waals surface area (Å²) in [6.45, 7) is 0.